The number of nitrogens with zero attached hydrogens (tertiary/aromatic N) is 2. The van der Waals surface area contributed by atoms with Gasteiger partial charge in [0, 0.05) is 12.1 Å². The minimum atomic E-state index is -1.43. The molecule has 28 heavy (non-hydrogen) atoms. The van der Waals surface area contributed by atoms with E-state index < -0.39 is 8.07 Å². The van der Waals surface area contributed by atoms with E-state index in [-0.39, 0.29) is 5.41 Å². The zero-order chi connectivity index (χ0) is 20.9. The molecule has 0 aliphatic rings. The monoisotopic (exact) mass is 387 g/mol. The van der Waals surface area contributed by atoms with Crippen molar-refractivity contribution in [2.75, 3.05) is 0 Å². The van der Waals surface area contributed by atoms with Crippen LogP contribution in [0.3, 0.4) is 0 Å². The number of aromatic nitrogens is 1. The van der Waals surface area contributed by atoms with Crippen LogP contribution >= 0.6 is 0 Å². The van der Waals surface area contributed by atoms with E-state index in [0.29, 0.717) is 5.56 Å². The molecule has 0 saturated carbocycles. The van der Waals surface area contributed by atoms with Crippen LogP contribution in [-0.4, -0.2) is 8.07 Å². The lowest BCUT2D eigenvalue weighted by Crippen LogP contribution is -2.42. The summed E-state index contributed by atoms with van der Waals surface area (Å²) >= 11 is 0. The molecule has 0 saturated heterocycles. The van der Waals surface area contributed by atoms with Crippen molar-refractivity contribution in [3.05, 3.63) is 59.3 Å². The van der Waals surface area contributed by atoms with Gasteiger partial charge in [-0.3, -0.25) is 0 Å². The fraction of sp³-hybridized carbons (Fsp3) is 0.360. The molecule has 0 unspecified atom stereocenters. The van der Waals surface area contributed by atoms with Crippen molar-refractivity contribution in [1.82, 2.24) is 0 Å². The molecule has 2 nitrogen and oxygen atoms in total. The molecular weight excluding hydrogens is 356 g/mol. The van der Waals surface area contributed by atoms with E-state index >= 15 is 0 Å². The molecule has 0 fully saturated rings. The summed E-state index contributed by atoms with van der Waals surface area (Å²) in [6, 6.07) is 15.3. The minimum absolute atomic E-state index is 0.0458. The summed E-state index contributed by atoms with van der Waals surface area (Å²) in [5.74, 6) is 0. The topological polar surface area (TPSA) is 27.7 Å². The molecule has 3 aromatic rings. The molecule has 3 rings (SSSR count). The Bertz CT molecular complexity index is 1110. The van der Waals surface area contributed by atoms with Crippen LogP contribution in [0.15, 0.2) is 42.6 Å². The third kappa shape index (κ3) is 3.62. The second-order valence-corrected chi connectivity index (χ2v) is 15.0. The molecular formula is C25H31N2Si+. The van der Waals surface area contributed by atoms with Gasteiger partial charge in [0.25, 0.3) is 0 Å². The van der Waals surface area contributed by atoms with Crippen LogP contribution in [0.5, 0.6) is 0 Å². The van der Waals surface area contributed by atoms with Crippen molar-refractivity contribution in [3.8, 4) is 17.3 Å². The van der Waals surface area contributed by atoms with Gasteiger partial charge in [0.1, 0.15) is 7.05 Å². The molecule has 1 aromatic heterocycles. The van der Waals surface area contributed by atoms with Crippen LogP contribution in [0.2, 0.25) is 19.6 Å². The molecule has 0 amide bonds. The van der Waals surface area contributed by atoms with Gasteiger partial charge in [0.05, 0.1) is 25.3 Å². The summed E-state index contributed by atoms with van der Waals surface area (Å²) in [5.41, 5.74) is 5.83. The number of aryl methyl sites for hydroxylation is 2. The Hall–Kier alpha value is -2.44. The number of rotatable bonds is 2. The zero-order valence-electron chi connectivity index (χ0n) is 18.4. The standard InChI is InChI=1S/C25H31N2Si/c1-17-13-19-10-9-18(16-26)14-21(19)24(25(2,3)4)23(17)22-15-20(28(6,7)8)11-12-27(22)5/h9-15H,1-8H3/q+1. The van der Waals surface area contributed by atoms with Crippen LogP contribution in [0.1, 0.15) is 37.5 Å². The number of benzene rings is 2. The highest BCUT2D eigenvalue weighted by atomic mass is 28.3. The minimum Gasteiger partial charge on any atom is -0.201 e. The third-order valence-corrected chi connectivity index (χ3v) is 7.53. The van der Waals surface area contributed by atoms with Gasteiger partial charge in [-0.25, -0.2) is 4.57 Å². The highest BCUT2D eigenvalue weighted by Crippen LogP contribution is 2.40. The largest absolute Gasteiger partial charge is 0.212 e. The normalized spacial score (nSPS) is 12.2. The van der Waals surface area contributed by atoms with E-state index in [1.165, 1.54) is 38.3 Å². The van der Waals surface area contributed by atoms with Crippen molar-refractivity contribution in [1.29, 1.82) is 5.26 Å². The van der Waals surface area contributed by atoms with Crippen molar-refractivity contribution in [2.45, 2.75) is 52.8 Å². The van der Waals surface area contributed by atoms with Gasteiger partial charge in [0.2, 0.25) is 5.69 Å². The smallest absolute Gasteiger partial charge is 0.201 e. The SMILES string of the molecule is Cc1cc2ccc(C#N)cc2c(C(C)(C)C)c1-c1cc([Si](C)(C)C)cc[n+]1C. The van der Waals surface area contributed by atoms with Gasteiger partial charge < -0.3 is 0 Å². The van der Waals surface area contributed by atoms with Gasteiger partial charge in [0.15, 0.2) is 6.20 Å². The summed E-state index contributed by atoms with van der Waals surface area (Å²) in [6.07, 6.45) is 2.20. The molecule has 3 heteroatoms. The van der Waals surface area contributed by atoms with Crippen LogP contribution in [-0.2, 0) is 12.5 Å². The lowest BCUT2D eigenvalue weighted by Gasteiger charge is -2.26. The highest BCUT2D eigenvalue weighted by Gasteiger charge is 2.29. The van der Waals surface area contributed by atoms with Gasteiger partial charge >= 0.3 is 0 Å². The van der Waals surface area contributed by atoms with E-state index in [1.54, 1.807) is 0 Å². The Kier molecular flexibility index (Phi) is 4.98. The lowest BCUT2D eigenvalue weighted by atomic mass is 9.77. The number of fused-ring (bicyclic) bond motifs is 1. The fourth-order valence-electron chi connectivity index (χ4n) is 4.00. The maximum Gasteiger partial charge on any atom is 0.212 e. The fourth-order valence-corrected chi connectivity index (χ4v) is 5.14. The molecule has 1 heterocycles. The first kappa shape index (κ1) is 20.3. The van der Waals surface area contributed by atoms with E-state index in [0.717, 1.165) is 0 Å². The summed E-state index contributed by atoms with van der Waals surface area (Å²) in [5, 5.41) is 13.3. The van der Waals surface area contributed by atoms with Crippen LogP contribution in [0.25, 0.3) is 22.0 Å². The van der Waals surface area contributed by atoms with E-state index in [9.17, 15) is 5.26 Å². The van der Waals surface area contributed by atoms with E-state index in [4.69, 9.17) is 0 Å². The first-order valence-electron chi connectivity index (χ1n) is 9.92. The number of hydrogen-bond donors (Lipinski definition) is 0. The van der Waals surface area contributed by atoms with Crippen LogP contribution < -0.4 is 9.75 Å². The molecule has 144 valence electrons. The molecule has 0 radical (unpaired) electrons. The van der Waals surface area contributed by atoms with Gasteiger partial charge in [-0.15, -0.1) is 0 Å². The predicted molar refractivity (Wildman–Crippen MR) is 122 cm³/mol. The van der Waals surface area contributed by atoms with Crippen LogP contribution in [0.4, 0.5) is 0 Å². The number of hydrogen-bond acceptors (Lipinski definition) is 1. The summed E-state index contributed by atoms with van der Waals surface area (Å²) < 4.78 is 2.24. The van der Waals surface area contributed by atoms with E-state index in [2.05, 4.69) is 102 Å². The molecule has 0 atom stereocenters. The number of nitriles is 1. The molecule has 0 aliphatic carbocycles. The Balaban J connectivity index is 2.48. The molecule has 0 bridgehead atoms. The Morgan fingerprint density at radius 1 is 1.00 bits per heavy atom. The summed E-state index contributed by atoms with van der Waals surface area (Å²) in [6.45, 7) is 16.2. The van der Waals surface area contributed by atoms with Gasteiger partial charge in [-0.1, -0.05) is 52.5 Å². The second-order valence-electron chi connectivity index (χ2n) is 9.90. The maximum absolute atomic E-state index is 9.45. The van der Waals surface area contributed by atoms with Crippen molar-refractivity contribution in [2.24, 2.45) is 7.05 Å². The summed E-state index contributed by atoms with van der Waals surface area (Å²) in [7, 11) is 0.704. The van der Waals surface area contributed by atoms with Crippen molar-refractivity contribution >= 4 is 24.0 Å². The van der Waals surface area contributed by atoms with Gasteiger partial charge in [-0.2, -0.15) is 5.26 Å². The first-order valence-corrected chi connectivity index (χ1v) is 13.4. The molecule has 2 aromatic carbocycles. The average molecular weight is 388 g/mol. The Labute approximate surface area is 170 Å². The zero-order valence-corrected chi connectivity index (χ0v) is 19.4. The summed E-state index contributed by atoms with van der Waals surface area (Å²) in [4.78, 5) is 0. The first-order chi connectivity index (χ1) is 12.9. The number of pyridine rings is 1. The highest BCUT2D eigenvalue weighted by molar-refractivity contribution is 6.88. The second kappa shape index (κ2) is 6.86. The molecule has 0 N–H and O–H groups in total. The van der Waals surface area contributed by atoms with Gasteiger partial charge in [-0.05, 0) is 51.6 Å². The Morgan fingerprint density at radius 2 is 1.68 bits per heavy atom. The lowest BCUT2D eigenvalue weighted by molar-refractivity contribution is -0.660. The van der Waals surface area contributed by atoms with E-state index in [1.807, 2.05) is 6.07 Å². The molecule has 0 aliphatic heterocycles. The quantitative estimate of drug-likeness (QED) is 0.430. The average Bonchev–Trinajstić information content (AvgIpc) is 2.59. The van der Waals surface area contributed by atoms with Crippen molar-refractivity contribution < 1.29 is 4.57 Å². The Morgan fingerprint density at radius 3 is 2.25 bits per heavy atom. The maximum atomic E-state index is 9.45. The van der Waals surface area contributed by atoms with Crippen molar-refractivity contribution in [3.63, 3.8) is 0 Å². The predicted octanol–water partition coefficient (Wildman–Crippen LogP) is 5.35. The molecule has 0 spiro atoms. The van der Waals surface area contributed by atoms with Crippen LogP contribution in [0, 0.1) is 18.3 Å². The third-order valence-electron chi connectivity index (χ3n) is 5.49.